The lowest BCUT2D eigenvalue weighted by molar-refractivity contribution is 0.0719. The summed E-state index contributed by atoms with van der Waals surface area (Å²) in [6.45, 7) is 1.81. The van der Waals surface area contributed by atoms with Crippen molar-refractivity contribution < 1.29 is 14.0 Å². The fourth-order valence-corrected chi connectivity index (χ4v) is 3.52. The number of fused-ring (bicyclic) bond motifs is 1. The number of carbonyl (C=O) groups excluding carboxylic acids is 2. The first-order valence-electron chi connectivity index (χ1n) is 9.40. The fourth-order valence-electron chi connectivity index (χ4n) is 3.52. The predicted octanol–water partition coefficient (Wildman–Crippen LogP) is 3.85. The largest absolute Gasteiger partial charge is 0.463 e. The van der Waals surface area contributed by atoms with Gasteiger partial charge in [0.15, 0.2) is 5.78 Å². The third kappa shape index (κ3) is 4.42. The van der Waals surface area contributed by atoms with E-state index in [0.717, 1.165) is 17.9 Å². The number of halogens is 1. The van der Waals surface area contributed by atoms with Crippen LogP contribution in [-0.4, -0.2) is 30.2 Å². The number of nitrogens with zero attached hydrogens (tertiary/aromatic N) is 1. The summed E-state index contributed by atoms with van der Waals surface area (Å²) in [5, 5.41) is 3.08. The number of amides is 1. The van der Waals surface area contributed by atoms with Crippen molar-refractivity contribution in [3.63, 3.8) is 0 Å². The fraction of sp³-hybridized carbons (Fsp3) is 0.217. The van der Waals surface area contributed by atoms with Crippen molar-refractivity contribution in [3.05, 3.63) is 94.4 Å². The third-order valence-corrected chi connectivity index (χ3v) is 5.00. The number of carbonyl (C=O) groups is 2. The van der Waals surface area contributed by atoms with Gasteiger partial charge in [0.05, 0.1) is 13.1 Å². The summed E-state index contributed by atoms with van der Waals surface area (Å²) in [6, 6.07) is 18.1. The molecule has 2 aromatic carbocycles. The van der Waals surface area contributed by atoms with Crippen LogP contribution in [0.4, 0.5) is 0 Å². The highest BCUT2D eigenvalue weighted by molar-refractivity contribution is 6.09. The van der Waals surface area contributed by atoms with Gasteiger partial charge in [-0.15, -0.1) is 12.4 Å². The maximum atomic E-state index is 12.9. The van der Waals surface area contributed by atoms with Gasteiger partial charge in [0.1, 0.15) is 11.5 Å². The lowest BCUT2D eigenvalue weighted by Gasteiger charge is -2.26. The van der Waals surface area contributed by atoms with E-state index in [2.05, 4.69) is 11.4 Å². The second-order valence-corrected chi connectivity index (χ2v) is 6.94. The van der Waals surface area contributed by atoms with Crippen molar-refractivity contribution in [1.82, 2.24) is 10.2 Å². The van der Waals surface area contributed by atoms with Crippen LogP contribution < -0.4 is 5.32 Å². The summed E-state index contributed by atoms with van der Waals surface area (Å²) in [7, 11) is 1.88. The van der Waals surface area contributed by atoms with E-state index in [4.69, 9.17) is 4.42 Å². The Morgan fingerprint density at radius 3 is 2.34 bits per heavy atom. The van der Waals surface area contributed by atoms with Gasteiger partial charge in [0.25, 0.3) is 5.91 Å². The molecule has 0 radical (unpaired) electrons. The zero-order valence-electron chi connectivity index (χ0n) is 16.2. The zero-order chi connectivity index (χ0) is 19.5. The molecule has 1 aliphatic rings. The van der Waals surface area contributed by atoms with Crippen molar-refractivity contribution in [1.29, 1.82) is 0 Å². The van der Waals surface area contributed by atoms with E-state index in [-0.39, 0.29) is 24.1 Å². The normalized spacial score (nSPS) is 12.8. The lowest BCUT2D eigenvalue weighted by Crippen LogP contribution is -2.35. The Bertz CT molecular complexity index is 997. The van der Waals surface area contributed by atoms with Gasteiger partial charge in [-0.1, -0.05) is 42.5 Å². The second-order valence-electron chi connectivity index (χ2n) is 6.94. The van der Waals surface area contributed by atoms with Crippen molar-refractivity contribution in [2.45, 2.75) is 19.5 Å². The molecule has 0 aliphatic carbocycles. The molecule has 1 aromatic heterocycles. The molecule has 2 heterocycles. The van der Waals surface area contributed by atoms with Crippen molar-refractivity contribution in [3.8, 4) is 0 Å². The molecule has 0 spiro atoms. The van der Waals surface area contributed by atoms with E-state index in [0.29, 0.717) is 36.3 Å². The van der Waals surface area contributed by atoms with Gasteiger partial charge in [0, 0.05) is 23.2 Å². The molecule has 0 atom stereocenters. The molecular formula is C23H23ClN2O3. The summed E-state index contributed by atoms with van der Waals surface area (Å²) >= 11 is 0. The molecule has 1 N–H and O–H groups in total. The van der Waals surface area contributed by atoms with Gasteiger partial charge >= 0.3 is 0 Å². The van der Waals surface area contributed by atoms with Gasteiger partial charge < -0.3 is 14.6 Å². The molecule has 29 heavy (non-hydrogen) atoms. The maximum Gasteiger partial charge on any atom is 0.254 e. The maximum absolute atomic E-state index is 12.9. The van der Waals surface area contributed by atoms with E-state index in [1.165, 1.54) is 5.56 Å². The number of benzene rings is 2. The molecule has 4 rings (SSSR count). The second kappa shape index (κ2) is 9.07. The molecule has 0 unspecified atom stereocenters. The topological polar surface area (TPSA) is 62.6 Å². The third-order valence-electron chi connectivity index (χ3n) is 5.00. The van der Waals surface area contributed by atoms with Crippen LogP contribution in [0, 0.1) is 0 Å². The van der Waals surface area contributed by atoms with Gasteiger partial charge in [0.2, 0.25) is 0 Å². The van der Waals surface area contributed by atoms with E-state index in [9.17, 15) is 9.59 Å². The minimum absolute atomic E-state index is 0. The van der Waals surface area contributed by atoms with Crippen molar-refractivity contribution in [2.24, 2.45) is 0 Å². The van der Waals surface area contributed by atoms with Crippen molar-refractivity contribution >= 4 is 24.1 Å². The molecule has 6 heteroatoms. The molecule has 5 nitrogen and oxygen atoms in total. The number of furan rings is 1. The first kappa shape index (κ1) is 20.8. The highest BCUT2D eigenvalue weighted by Gasteiger charge is 2.25. The summed E-state index contributed by atoms with van der Waals surface area (Å²) in [5.41, 5.74) is 2.97. The summed E-state index contributed by atoms with van der Waals surface area (Å²) in [6.07, 6.45) is 0.791. The molecule has 3 aromatic rings. The standard InChI is InChI=1S/C23H22N2O3.ClH/c1-24-14-20-13-19-11-12-25(15-21(19)28-20)23(27)18-9-7-17(8-10-18)22(26)16-5-3-2-4-6-16;/h2-10,13,24H,11-12,14-15H2,1H3;1H. The monoisotopic (exact) mass is 410 g/mol. The van der Waals surface area contributed by atoms with Crippen LogP contribution in [0.5, 0.6) is 0 Å². The SMILES string of the molecule is CNCc1cc2c(o1)CN(C(=O)c1ccc(C(=O)c3ccccc3)cc1)CC2.Cl. The smallest absolute Gasteiger partial charge is 0.254 e. The average molecular weight is 411 g/mol. The van der Waals surface area contributed by atoms with Crippen LogP contribution >= 0.6 is 12.4 Å². The highest BCUT2D eigenvalue weighted by atomic mass is 35.5. The average Bonchev–Trinajstić information content (AvgIpc) is 3.15. The zero-order valence-corrected chi connectivity index (χ0v) is 17.0. The van der Waals surface area contributed by atoms with Crippen LogP contribution in [0.2, 0.25) is 0 Å². The van der Waals surface area contributed by atoms with Gasteiger partial charge in [-0.25, -0.2) is 0 Å². The van der Waals surface area contributed by atoms with Crippen LogP contribution in [0.1, 0.15) is 43.4 Å². The van der Waals surface area contributed by atoms with Gasteiger partial charge in [-0.2, -0.15) is 0 Å². The van der Waals surface area contributed by atoms with Gasteiger partial charge in [-0.05, 0) is 37.2 Å². The van der Waals surface area contributed by atoms with E-state index in [1.807, 2.05) is 25.2 Å². The Morgan fingerprint density at radius 1 is 1.00 bits per heavy atom. The van der Waals surface area contributed by atoms with E-state index >= 15 is 0 Å². The Balaban J connectivity index is 0.00000240. The quantitative estimate of drug-likeness (QED) is 0.649. The molecule has 0 bridgehead atoms. The Hall–Kier alpha value is -2.89. The molecule has 0 fully saturated rings. The molecule has 1 amide bonds. The molecule has 150 valence electrons. The van der Waals surface area contributed by atoms with E-state index in [1.54, 1.807) is 41.3 Å². The highest BCUT2D eigenvalue weighted by Crippen LogP contribution is 2.24. The summed E-state index contributed by atoms with van der Waals surface area (Å²) in [5.74, 6) is 1.66. The van der Waals surface area contributed by atoms with E-state index < -0.39 is 0 Å². The molecule has 0 saturated carbocycles. The first-order valence-corrected chi connectivity index (χ1v) is 9.40. The van der Waals surface area contributed by atoms with Crippen LogP contribution in [-0.2, 0) is 19.5 Å². The van der Waals surface area contributed by atoms with Crippen molar-refractivity contribution in [2.75, 3.05) is 13.6 Å². The Morgan fingerprint density at radius 2 is 1.66 bits per heavy atom. The van der Waals surface area contributed by atoms with Crippen LogP contribution in [0.3, 0.4) is 0 Å². The number of ketones is 1. The number of hydrogen-bond acceptors (Lipinski definition) is 4. The number of nitrogens with one attached hydrogen (secondary N) is 1. The molecular weight excluding hydrogens is 388 g/mol. The first-order chi connectivity index (χ1) is 13.7. The molecule has 0 saturated heterocycles. The molecule has 1 aliphatic heterocycles. The Kier molecular flexibility index (Phi) is 6.52. The lowest BCUT2D eigenvalue weighted by atomic mass is 10.0. The van der Waals surface area contributed by atoms with Crippen LogP contribution in [0.25, 0.3) is 0 Å². The van der Waals surface area contributed by atoms with Crippen LogP contribution in [0.15, 0.2) is 65.1 Å². The minimum Gasteiger partial charge on any atom is -0.463 e. The summed E-state index contributed by atoms with van der Waals surface area (Å²) in [4.78, 5) is 27.2. The Labute approximate surface area is 176 Å². The summed E-state index contributed by atoms with van der Waals surface area (Å²) < 4.78 is 5.86. The predicted molar refractivity (Wildman–Crippen MR) is 113 cm³/mol. The number of rotatable bonds is 5. The number of hydrogen-bond donors (Lipinski definition) is 1. The minimum atomic E-state index is -0.0464. The van der Waals surface area contributed by atoms with Gasteiger partial charge in [-0.3, -0.25) is 9.59 Å².